The van der Waals surface area contributed by atoms with Crippen LogP contribution in [0.3, 0.4) is 0 Å². The largest absolute Gasteiger partial charge is 0.341 e. The van der Waals surface area contributed by atoms with Crippen molar-refractivity contribution >= 4 is 5.91 Å². The number of carbonyl (C=O) groups is 1. The summed E-state index contributed by atoms with van der Waals surface area (Å²) in [5.41, 5.74) is 6.52. The van der Waals surface area contributed by atoms with E-state index in [0.29, 0.717) is 17.8 Å². The fraction of sp³-hybridized carbons (Fsp3) is 0.692. The Kier molecular flexibility index (Phi) is 3.52. The second kappa shape index (κ2) is 5.30. The molecule has 6 heteroatoms. The average molecular weight is 263 g/mol. The van der Waals surface area contributed by atoms with E-state index in [0.717, 1.165) is 45.4 Å². The number of hydrogen-bond acceptors (Lipinski definition) is 4. The predicted octanol–water partition coefficient (Wildman–Crippen LogP) is 0.0473. The molecule has 0 saturated carbocycles. The van der Waals surface area contributed by atoms with Crippen LogP contribution in [0.1, 0.15) is 29.8 Å². The molecule has 2 saturated heterocycles. The molecule has 1 aromatic rings. The number of likely N-dealkylation sites (tertiary alicyclic amines) is 2. The minimum absolute atomic E-state index is 0.0636. The van der Waals surface area contributed by atoms with Gasteiger partial charge >= 0.3 is 0 Å². The van der Waals surface area contributed by atoms with Crippen molar-refractivity contribution in [3.05, 3.63) is 18.2 Å². The Morgan fingerprint density at radius 3 is 2.79 bits per heavy atom. The lowest BCUT2D eigenvalue weighted by atomic mass is 10.0. The SMILES string of the molecule is NC1CCN(C2CCN(C(=O)c3cnc[nH]3)C2)CC1. The lowest BCUT2D eigenvalue weighted by Gasteiger charge is -2.34. The summed E-state index contributed by atoms with van der Waals surface area (Å²) in [5.74, 6) is 0.0636. The summed E-state index contributed by atoms with van der Waals surface area (Å²) >= 11 is 0. The van der Waals surface area contributed by atoms with Crippen molar-refractivity contribution in [2.75, 3.05) is 26.2 Å². The van der Waals surface area contributed by atoms with Crippen molar-refractivity contribution in [2.45, 2.75) is 31.3 Å². The fourth-order valence-corrected chi connectivity index (χ4v) is 3.05. The van der Waals surface area contributed by atoms with Crippen LogP contribution in [-0.2, 0) is 0 Å². The molecular weight excluding hydrogens is 242 g/mol. The van der Waals surface area contributed by atoms with Crippen molar-refractivity contribution in [1.29, 1.82) is 0 Å². The molecule has 104 valence electrons. The van der Waals surface area contributed by atoms with Crippen molar-refractivity contribution in [1.82, 2.24) is 19.8 Å². The fourth-order valence-electron chi connectivity index (χ4n) is 3.05. The number of nitrogens with one attached hydrogen (secondary N) is 1. The Morgan fingerprint density at radius 2 is 2.11 bits per heavy atom. The summed E-state index contributed by atoms with van der Waals surface area (Å²) in [6.45, 7) is 3.80. The first-order valence-electron chi connectivity index (χ1n) is 7.01. The highest BCUT2D eigenvalue weighted by molar-refractivity contribution is 5.92. The van der Waals surface area contributed by atoms with Crippen molar-refractivity contribution in [3.63, 3.8) is 0 Å². The van der Waals surface area contributed by atoms with E-state index in [9.17, 15) is 4.79 Å². The standard InChI is InChI=1S/C13H21N5O/c14-10-1-4-17(5-2-10)11-3-6-18(8-11)13(19)12-7-15-9-16-12/h7,9-11H,1-6,8,14H2,(H,15,16). The first-order chi connectivity index (χ1) is 9.24. The molecule has 0 aromatic carbocycles. The molecule has 0 radical (unpaired) electrons. The van der Waals surface area contributed by atoms with Crippen LogP contribution < -0.4 is 5.73 Å². The number of rotatable bonds is 2. The molecule has 2 fully saturated rings. The number of aromatic nitrogens is 2. The van der Waals surface area contributed by atoms with E-state index in [1.54, 1.807) is 12.5 Å². The van der Waals surface area contributed by atoms with Gasteiger partial charge in [0.2, 0.25) is 0 Å². The molecule has 3 heterocycles. The molecular formula is C13H21N5O. The zero-order valence-electron chi connectivity index (χ0n) is 11.1. The van der Waals surface area contributed by atoms with E-state index in [1.165, 1.54) is 0 Å². The van der Waals surface area contributed by atoms with Gasteiger partial charge in [-0.25, -0.2) is 4.98 Å². The van der Waals surface area contributed by atoms with Crippen LogP contribution in [0.2, 0.25) is 0 Å². The minimum atomic E-state index is 0.0636. The summed E-state index contributed by atoms with van der Waals surface area (Å²) in [7, 11) is 0. The van der Waals surface area contributed by atoms with Gasteiger partial charge in [-0.1, -0.05) is 0 Å². The number of carbonyl (C=O) groups excluding carboxylic acids is 1. The number of H-pyrrole nitrogens is 1. The third kappa shape index (κ3) is 2.64. The van der Waals surface area contributed by atoms with Gasteiger partial charge in [0.25, 0.3) is 5.91 Å². The predicted molar refractivity (Wildman–Crippen MR) is 71.7 cm³/mol. The highest BCUT2D eigenvalue weighted by atomic mass is 16.2. The van der Waals surface area contributed by atoms with Crippen LogP contribution in [0, 0.1) is 0 Å². The van der Waals surface area contributed by atoms with E-state index in [-0.39, 0.29) is 5.91 Å². The number of nitrogens with two attached hydrogens (primary N) is 1. The van der Waals surface area contributed by atoms with Gasteiger partial charge in [-0.05, 0) is 32.4 Å². The highest BCUT2D eigenvalue weighted by Crippen LogP contribution is 2.20. The Balaban J connectivity index is 1.57. The van der Waals surface area contributed by atoms with Gasteiger partial charge in [0.1, 0.15) is 5.69 Å². The van der Waals surface area contributed by atoms with Crippen molar-refractivity contribution in [2.24, 2.45) is 5.73 Å². The molecule has 0 aliphatic carbocycles. The number of nitrogens with zero attached hydrogens (tertiary/aromatic N) is 3. The Bertz CT molecular complexity index is 424. The van der Waals surface area contributed by atoms with Crippen LogP contribution in [0.15, 0.2) is 12.5 Å². The third-order valence-corrected chi connectivity index (χ3v) is 4.27. The molecule has 2 aliphatic heterocycles. The van der Waals surface area contributed by atoms with E-state index >= 15 is 0 Å². The van der Waals surface area contributed by atoms with Crippen molar-refractivity contribution in [3.8, 4) is 0 Å². The number of imidazole rings is 1. The van der Waals surface area contributed by atoms with Gasteiger partial charge in [0, 0.05) is 25.2 Å². The van der Waals surface area contributed by atoms with Crippen LogP contribution >= 0.6 is 0 Å². The van der Waals surface area contributed by atoms with E-state index in [4.69, 9.17) is 5.73 Å². The molecule has 3 N–H and O–H groups in total. The number of hydrogen-bond donors (Lipinski definition) is 2. The molecule has 2 aliphatic rings. The number of piperidine rings is 1. The first kappa shape index (κ1) is 12.6. The summed E-state index contributed by atoms with van der Waals surface area (Å²) in [6.07, 6.45) is 6.35. The van der Waals surface area contributed by atoms with Gasteiger partial charge in [-0.2, -0.15) is 0 Å². The Hall–Kier alpha value is -1.40. The maximum atomic E-state index is 12.2. The molecule has 19 heavy (non-hydrogen) atoms. The maximum Gasteiger partial charge on any atom is 0.271 e. The van der Waals surface area contributed by atoms with Gasteiger partial charge in [0.15, 0.2) is 0 Å². The molecule has 1 amide bonds. The zero-order valence-corrected chi connectivity index (χ0v) is 11.1. The molecule has 0 spiro atoms. The third-order valence-electron chi connectivity index (χ3n) is 4.27. The van der Waals surface area contributed by atoms with E-state index in [1.807, 2.05) is 4.90 Å². The topological polar surface area (TPSA) is 78.2 Å². The number of aromatic amines is 1. The molecule has 1 unspecified atom stereocenters. The maximum absolute atomic E-state index is 12.2. The summed E-state index contributed by atoms with van der Waals surface area (Å²) in [6, 6.07) is 0.861. The second-order valence-corrected chi connectivity index (χ2v) is 5.53. The number of amides is 1. The molecule has 6 nitrogen and oxygen atoms in total. The Labute approximate surface area is 113 Å². The van der Waals surface area contributed by atoms with Crippen LogP contribution in [0.25, 0.3) is 0 Å². The highest BCUT2D eigenvalue weighted by Gasteiger charge is 2.32. The van der Waals surface area contributed by atoms with Crippen LogP contribution in [0.4, 0.5) is 0 Å². The lowest BCUT2D eigenvalue weighted by Crippen LogP contribution is -2.46. The van der Waals surface area contributed by atoms with Crippen LogP contribution in [-0.4, -0.2) is 63.9 Å². The molecule has 3 rings (SSSR count). The lowest BCUT2D eigenvalue weighted by molar-refractivity contribution is 0.0764. The quantitative estimate of drug-likeness (QED) is 0.790. The van der Waals surface area contributed by atoms with Gasteiger partial charge in [-0.3, -0.25) is 9.69 Å². The van der Waals surface area contributed by atoms with Gasteiger partial charge in [0.05, 0.1) is 12.5 Å². The first-order valence-corrected chi connectivity index (χ1v) is 7.01. The average Bonchev–Trinajstić information content (AvgIpc) is 3.10. The summed E-state index contributed by atoms with van der Waals surface area (Å²) in [5, 5.41) is 0. The monoisotopic (exact) mass is 263 g/mol. The molecule has 1 atom stereocenters. The second-order valence-electron chi connectivity index (χ2n) is 5.53. The summed E-state index contributed by atoms with van der Waals surface area (Å²) in [4.78, 5) is 23.4. The van der Waals surface area contributed by atoms with E-state index in [2.05, 4.69) is 14.9 Å². The zero-order chi connectivity index (χ0) is 13.2. The molecule has 0 bridgehead atoms. The normalized spacial score (nSPS) is 25.9. The van der Waals surface area contributed by atoms with Crippen molar-refractivity contribution < 1.29 is 4.79 Å². The molecule has 1 aromatic heterocycles. The summed E-state index contributed by atoms with van der Waals surface area (Å²) < 4.78 is 0. The Morgan fingerprint density at radius 1 is 1.32 bits per heavy atom. The van der Waals surface area contributed by atoms with E-state index < -0.39 is 0 Å². The minimum Gasteiger partial charge on any atom is -0.341 e. The van der Waals surface area contributed by atoms with Gasteiger partial charge in [-0.15, -0.1) is 0 Å². The smallest absolute Gasteiger partial charge is 0.271 e. The van der Waals surface area contributed by atoms with Crippen LogP contribution in [0.5, 0.6) is 0 Å². The van der Waals surface area contributed by atoms with Gasteiger partial charge < -0.3 is 15.6 Å².